The Morgan fingerprint density at radius 2 is 1.11 bits per heavy atom. The highest BCUT2D eigenvalue weighted by Crippen LogP contribution is 2.38. The molecule has 0 saturated carbocycles. The van der Waals surface area contributed by atoms with Crippen LogP contribution in [0.25, 0.3) is 11.1 Å². The van der Waals surface area contributed by atoms with Crippen molar-refractivity contribution >= 4 is 34.6 Å². The average Bonchev–Trinajstić information content (AvgIpc) is 3.90. The highest BCUT2D eigenvalue weighted by Gasteiger charge is 2.36. The van der Waals surface area contributed by atoms with Crippen LogP contribution in [-0.2, 0) is 35.3 Å². The minimum atomic E-state index is 0.0783. The SMILES string of the molecule is O=C(Cc1ccccc1)N1CCCC1C1=Nc2cc(-c3ccc4c(c3)CC([C@@H]3CCCN3C(=O)Cc3ccccc3)=N4)ccc2C1. The molecule has 1 unspecified atom stereocenters. The van der Waals surface area contributed by atoms with Gasteiger partial charge >= 0.3 is 0 Å². The first-order valence-corrected chi connectivity index (χ1v) is 16.7. The lowest BCUT2D eigenvalue weighted by molar-refractivity contribution is -0.131. The predicted octanol–water partition coefficient (Wildman–Crippen LogP) is 7.08. The molecule has 4 aliphatic rings. The van der Waals surface area contributed by atoms with Crippen LogP contribution in [0.3, 0.4) is 0 Å². The lowest BCUT2D eigenvalue weighted by atomic mass is 9.97. The van der Waals surface area contributed by atoms with Gasteiger partial charge in [0.1, 0.15) is 0 Å². The Morgan fingerprint density at radius 1 is 0.587 bits per heavy atom. The van der Waals surface area contributed by atoms with Crippen LogP contribution in [0, 0.1) is 0 Å². The van der Waals surface area contributed by atoms with Crippen molar-refractivity contribution in [3.63, 3.8) is 0 Å². The van der Waals surface area contributed by atoms with Crippen LogP contribution in [0.15, 0.2) is 107 Å². The third-order valence-corrected chi connectivity index (χ3v) is 10.1. The average molecular weight is 607 g/mol. The number of carbonyl (C=O) groups excluding carboxylic acids is 2. The van der Waals surface area contributed by atoms with Gasteiger partial charge in [0.25, 0.3) is 0 Å². The molecule has 0 bridgehead atoms. The van der Waals surface area contributed by atoms with Gasteiger partial charge in [-0.25, -0.2) is 0 Å². The summed E-state index contributed by atoms with van der Waals surface area (Å²) < 4.78 is 0. The highest BCUT2D eigenvalue weighted by atomic mass is 16.2. The molecule has 0 radical (unpaired) electrons. The van der Waals surface area contributed by atoms with E-state index in [2.05, 4.69) is 46.2 Å². The quantitative estimate of drug-likeness (QED) is 0.226. The summed E-state index contributed by atoms with van der Waals surface area (Å²) in [5, 5.41) is 0. The van der Waals surface area contributed by atoms with Gasteiger partial charge in [0.05, 0.1) is 36.3 Å². The maximum absolute atomic E-state index is 13.3. The molecule has 4 aromatic rings. The number of rotatable bonds is 7. The summed E-state index contributed by atoms with van der Waals surface area (Å²) in [6.45, 7) is 1.60. The molecule has 2 fully saturated rings. The molecule has 4 aromatic carbocycles. The van der Waals surface area contributed by atoms with Crippen LogP contribution in [-0.4, -0.2) is 58.2 Å². The lowest BCUT2D eigenvalue weighted by Gasteiger charge is -2.25. The Labute approximate surface area is 270 Å². The van der Waals surface area contributed by atoms with Crippen molar-refractivity contribution in [1.29, 1.82) is 0 Å². The number of fused-ring (bicyclic) bond motifs is 2. The van der Waals surface area contributed by atoms with Gasteiger partial charge in [-0.3, -0.25) is 19.6 Å². The predicted molar refractivity (Wildman–Crippen MR) is 183 cm³/mol. The van der Waals surface area contributed by atoms with E-state index in [1.54, 1.807) is 0 Å². The maximum atomic E-state index is 13.3. The van der Waals surface area contributed by atoms with Gasteiger partial charge in [-0.05, 0) is 77.3 Å². The molecular weight excluding hydrogens is 568 g/mol. The molecule has 2 saturated heterocycles. The zero-order valence-electron chi connectivity index (χ0n) is 26.1. The summed E-state index contributed by atoms with van der Waals surface area (Å²) in [5.74, 6) is 0.376. The van der Waals surface area contributed by atoms with Crippen LogP contribution < -0.4 is 0 Å². The number of hydrogen-bond donors (Lipinski definition) is 0. The smallest absolute Gasteiger partial charge is 0.227 e. The van der Waals surface area contributed by atoms with E-state index in [1.807, 2.05) is 60.7 Å². The topological polar surface area (TPSA) is 65.3 Å². The van der Waals surface area contributed by atoms with Crippen LogP contribution in [0.2, 0.25) is 0 Å². The molecule has 4 heterocycles. The summed E-state index contributed by atoms with van der Waals surface area (Å²) >= 11 is 0. The fourth-order valence-corrected chi connectivity index (χ4v) is 7.74. The van der Waals surface area contributed by atoms with Crippen molar-refractivity contribution in [3.8, 4) is 11.1 Å². The van der Waals surface area contributed by atoms with E-state index >= 15 is 0 Å². The van der Waals surface area contributed by atoms with Crippen molar-refractivity contribution in [2.45, 2.75) is 63.5 Å². The van der Waals surface area contributed by atoms with Crippen molar-refractivity contribution in [2.75, 3.05) is 13.1 Å². The summed E-state index contributed by atoms with van der Waals surface area (Å²) in [4.78, 5) is 40.8. The molecule has 4 aliphatic heterocycles. The molecule has 0 aromatic heterocycles. The van der Waals surface area contributed by atoms with E-state index < -0.39 is 0 Å². The van der Waals surface area contributed by atoms with Gasteiger partial charge in [0.15, 0.2) is 0 Å². The summed E-state index contributed by atoms with van der Waals surface area (Å²) in [6, 6.07) is 33.3. The minimum Gasteiger partial charge on any atom is -0.334 e. The fourth-order valence-electron chi connectivity index (χ4n) is 7.74. The molecule has 2 amide bonds. The molecule has 230 valence electrons. The van der Waals surface area contributed by atoms with Crippen molar-refractivity contribution in [3.05, 3.63) is 119 Å². The van der Waals surface area contributed by atoms with Gasteiger partial charge in [-0.1, -0.05) is 78.9 Å². The third-order valence-electron chi connectivity index (χ3n) is 10.1. The molecule has 2 atom stereocenters. The number of likely N-dealkylation sites (tertiary alicyclic amines) is 2. The largest absolute Gasteiger partial charge is 0.334 e. The number of amides is 2. The Morgan fingerprint density at radius 3 is 1.72 bits per heavy atom. The first kappa shape index (κ1) is 28.6. The maximum Gasteiger partial charge on any atom is 0.227 e. The standard InChI is InChI=1S/C40H38N4O2/c45-39(21-27-9-3-1-4-10-27)43-19-7-13-37(43)35-25-31-16-15-30(24-34(31)42-35)29-17-18-33-32(23-29)26-36(41-33)38-14-8-20-44(38)40(46)22-28-11-5-2-6-12-28/h1-6,9-12,15-18,23-24,37-38H,7-8,13-14,19-22,25-26H2/t37?,38-/m0/s1. The van der Waals surface area contributed by atoms with Gasteiger partial charge in [0.2, 0.25) is 11.8 Å². The van der Waals surface area contributed by atoms with E-state index in [0.717, 1.165) is 96.7 Å². The minimum absolute atomic E-state index is 0.0783. The molecule has 0 aliphatic carbocycles. The van der Waals surface area contributed by atoms with E-state index in [4.69, 9.17) is 9.98 Å². The number of benzene rings is 4. The second kappa shape index (κ2) is 12.2. The van der Waals surface area contributed by atoms with E-state index in [-0.39, 0.29) is 23.9 Å². The fraction of sp³-hybridized carbons (Fsp3) is 0.300. The Balaban J connectivity index is 0.958. The molecule has 6 heteroatoms. The Hall–Kier alpha value is -4.84. The zero-order chi connectivity index (χ0) is 31.0. The first-order chi connectivity index (χ1) is 22.6. The molecule has 8 rings (SSSR count). The van der Waals surface area contributed by atoms with E-state index in [0.29, 0.717) is 12.8 Å². The zero-order valence-corrected chi connectivity index (χ0v) is 26.1. The molecule has 6 nitrogen and oxygen atoms in total. The van der Waals surface area contributed by atoms with Crippen LogP contribution in [0.4, 0.5) is 11.4 Å². The Bertz CT molecular complexity index is 1860. The van der Waals surface area contributed by atoms with Crippen molar-refractivity contribution < 1.29 is 9.59 Å². The lowest BCUT2D eigenvalue weighted by Crippen LogP contribution is -2.41. The second-order valence-electron chi connectivity index (χ2n) is 13.1. The Kier molecular flexibility index (Phi) is 7.57. The number of aliphatic imine (C=N–C) groups is 2. The summed E-state index contributed by atoms with van der Waals surface area (Å²) in [5.41, 5.74) is 11.1. The monoisotopic (exact) mass is 606 g/mol. The van der Waals surface area contributed by atoms with Gasteiger partial charge in [-0.2, -0.15) is 0 Å². The normalized spacial score (nSPS) is 20.0. The van der Waals surface area contributed by atoms with Crippen LogP contribution in [0.5, 0.6) is 0 Å². The number of carbonyl (C=O) groups is 2. The van der Waals surface area contributed by atoms with E-state index in [9.17, 15) is 9.59 Å². The van der Waals surface area contributed by atoms with Gasteiger partial charge < -0.3 is 9.80 Å². The first-order valence-electron chi connectivity index (χ1n) is 16.7. The number of hydrogen-bond acceptors (Lipinski definition) is 4. The number of nitrogens with zero attached hydrogens (tertiary/aromatic N) is 4. The highest BCUT2D eigenvalue weighted by molar-refractivity contribution is 6.02. The molecule has 0 spiro atoms. The van der Waals surface area contributed by atoms with Crippen LogP contribution >= 0.6 is 0 Å². The summed E-state index contributed by atoms with van der Waals surface area (Å²) in [7, 11) is 0. The van der Waals surface area contributed by atoms with Crippen molar-refractivity contribution in [2.24, 2.45) is 9.98 Å². The molecular formula is C40H38N4O2. The van der Waals surface area contributed by atoms with E-state index in [1.165, 1.54) is 11.1 Å². The molecule has 46 heavy (non-hydrogen) atoms. The van der Waals surface area contributed by atoms with Gasteiger partial charge in [0, 0.05) is 37.4 Å². The third kappa shape index (κ3) is 5.57. The van der Waals surface area contributed by atoms with Crippen LogP contribution in [0.1, 0.15) is 47.9 Å². The summed E-state index contributed by atoms with van der Waals surface area (Å²) in [6.07, 6.45) is 6.45. The van der Waals surface area contributed by atoms with Gasteiger partial charge in [-0.15, -0.1) is 0 Å². The van der Waals surface area contributed by atoms with Crippen molar-refractivity contribution in [1.82, 2.24) is 9.80 Å². The second-order valence-corrected chi connectivity index (χ2v) is 13.1. The molecule has 0 N–H and O–H groups in total.